The Hall–Kier alpha value is -1.06. The van der Waals surface area contributed by atoms with Gasteiger partial charge in [-0.15, -0.1) is 0 Å². The summed E-state index contributed by atoms with van der Waals surface area (Å²) in [6, 6.07) is 8.46. The highest BCUT2D eigenvalue weighted by Gasteiger charge is 2.26. The Morgan fingerprint density at radius 3 is 2.55 bits per heavy atom. The number of hydrogen-bond donors (Lipinski definition) is 1. The first-order valence-electron chi connectivity index (χ1n) is 7.88. The van der Waals surface area contributed by atoms with Crippen molar-refractivity contribution in [3.05, 3.63) is 29.8 Å². The molecule has 1 fully saturated rings. The monoisotopic (exact) mass is 274 g/mol. The van der Waals surface area contributed by atoms with Gasteiger partial charge in [0.05, 0.1) is 0 Å². The molecule has 2 aliphatic heterocycles. The Morgan fingerprint density at radius 1 is 1.15 bits per heavy atom. The summed E-state index contributed by atoms with van der Waals surface area (Å²) in [5.41, 5.74) is 1.37. The van der Waals surface area contributed by atoms with Crippen molar-refractivity contribution in [3.63, 3.8) is 0 Å². The van der Waals surface area contributed by atoms with Gasteiger partial charge in [-0.2, -0.15) is 0 Å². The summed E-state index contributed by atoms with van der Waals surface area (Å²) in [6.07, 6.45) is 1.40. The van der Waals surface area contributed by atoms with Crippen LogP contribution in [-0.4, -0.2) is 43.7 Å². The molecule has 1 aromatic rings. The zero-order valence-electron chi connectivity index (χ0n) is 12.6. The lowest BCUT2D eigenvalue weighted by atomic mass is 10.0. The number of nitrogens with one attached hydrogen (secondary N) is 1. The van der Waals surface area contributed by atoms with E-state index in [2.05, 4.69) is 48.3 Å². The van der Waals surface area contributed by atoms with E-state index in [0.29, 0.717) is 17.9 Å². The van der Waals surface area contributed by atoms with Crippen LogP contribution in [0.5, 0.6) is 5.75 Å². The Bertz CT molecular complexity index is 411. The Morgan fingerprint density at radius 2 is 1.85 bits per heavy atom. The smallest absolute Gasteiger partial charge is 0.123 e. The number of ether oxygens (including phenoxy) is 1. The predicted octanol–water partition coefficient (Wildman–Crippen LogP) is 2.17. The van der Waals surface area contributed by atoms with Crippen molar-refractivity contribution in [1.29, 1.82) is 0 Å². The molecule has 0 aromatic heterocycles. The molecule has 1 N–H and O–H groups in total. The molecule has 0 spiro atoms. The average Bonchev–Trinajstić information content (AvgIpc) is 2.78. The third kappa shape index (κ3) is 3.33. The van der Waals surface area contributed by atoms with Crippen LogP contribution in [0.1, 0.15) is 19.4 Å². The van der Waals surface area contributed by atoms with Crippen LogP contribution in [0.3, 0.4) is 0 Å². The Balaban J connectivity index is 1.59. The molecule has 3 nitrogen and oxygen atoms in total. The van der Waals surface area contributed by atoms with Crippen LogP contribution in [0.25, 0.3) is 0 Å². The lowest BCUT2D eigenvalue weighted by Crippen LogP contribution is -2.45. The molecular weight excluding hydrogens is 248 g/mol. The zero-order valence-corrected chi connectivity index (χ0v) is 12.6. The van der Waals surface area contributed by atoms with Crippen LogP contribution in [-0.2, 0) is 6.42 Å². The minimum absolute atomic E-state index is 0.333. The van der Waals surface area contributed by atoms with E-state index in [1.165, 1.54) is 18.7 Å². The highest BCUT2D eigenvalue weighted by molar-refractivity contribution is 5.37. The number of fused-ring (bicyclic) bond motifs is 1. The van der Waals surface area contributed by atoms with Gasteiger partial charge in [0.2, 0.25) is 0 Å². The van der Waals surface area contributed by atoms with Crippen molar-refractivity contribution in [1.82, 2.24) is 10.2 Å². The molecule has 1 saturated heterocycles. The molecule has 3 atom stereocenters. The van der Waals surface area contributed by atoms with Crippen LogP contribution >= 0.6 is 0 Å². The fraction of sp³-hybridized carbons (Fsp3) is 0.647. The fourth-order valence-electron chi connectivity index (χ4n) is 3.45. The highest BCUT2D eigenvalue weighted by atomic mass is 16.5. The van der Waals surface area contributed by atoms with E-state index in [4.69, 9.17) is 4.74 Å². The molecule has 0 bridgehead atoms. The van der Waals surface area contributed by atoms with E-state index in [1.807, 2.05) is 0 Å². The summed E-state index contributed by atoms with van der Waals surface area (Å²) in [5.74, 6) is 2.52. The SMILES string of the molecule is CC1CNCC(C)CN(CC2Cc3ccccc3O2)C1. The topological polar surface area (TPSA) is 24.5 Å². The fourth-order valence-corrected chi connectivity index (χ4v) is 3.45. The van der Waals surface area contributed by atoms with Crippen LogP contribution in [0, 0.1) is 11.8 Å². The zero-order chi connectivity index (χ0) is 13.9. The number of rotatable bonds is 2. The van der Waals surface area contributed by atoms with Crippen molar-refractivity contribution < 1.29 is 4.74 Å². The summed E-state index contributed by atoms with van der Waals surface area (Å²) in [5, 5.41) is 3.56. The van der Waals surface area contributed by atoms with Crippen molar-refractivity contribution in [2.24, 2.45) is 11.8 Å². The first kappa shape index (κ1) is 13.9. The summed E-state index contributed by atoms with van der Waals surface area (Å²) in [6.45, 7) is 10.3. The van der Waals surface area contributed by atoms with Crippen LogP contribution in [0.4, 0.5) is 0 Å². The number of hydrogen-bond acceptors (Lipinski definition) is 3. The third-order valence-corrected chi connectivity index (χ3v) is 4.30. The van der Waals surface area contributed by atoms with Gasteiger partial charge in [-0.05, 0) is 36.6 Å². The molecule has 20 heavy (non-hydrogen) atoms. The van der Waals surface area contributed by atoms with Crippen molar-refractivity contribution in [2.45, 2.75) is 26.4 Å². The number of para-hydroxylation sites is 1. The molecule has 110 valence electrons. The van der Waals surface area contributed by atoms with Crippen molar-refractivity contribution in [3.8, 4) is 5.75 Å². The first-order chi connectivity index (χ1) is 9.70. The van der Waals surface area contributed by atoms with Gasteiger partial charge in [0.15, 0.2) is 0 Å². The van der Waals surface area contributed by atoms with Gasteiger partial charge in [-0.3, -0.25) is 4.90 Å². The largest absolute Gasteiger partial charge is 0.488 e. The van der Waals surface area contributed by atoms with Gasteiger partial charge in [0, 0.05) is 26.1 Å². The minimum atomic E-state index is 0.333. The Labute approximate surface area is 122 Å². The maximum atomic E-state index is 6.09. The van der Waals surface area contributed by atoms with Gasteiger partial charge in [0.25, 0.3) is 0 Å². The normalized spacial score (nSPS) is 31.2. The summed E-state index contributed by atoms with van der Waals surface area (Å²) < 4.78 is 6.09. The molecule has 0 amide bonds. The molecule has 3 rings (SSSR count). The van der Waals surface area contributed by atoms with Gasteiger partial charge in [-0.25, -0.2) is 0 Å². The first-order valence-corrected chi connectivity index (χ1v) is 7.88. The van der Waals surface area contributed by atoms with E-state index in [-0.39, 0.29) is 0 Å². The van der Waals surface area contributed by atoms with Gasteiger partial charge in [0.1, 0.15) is 11.9 Å². The molecule has 2 aliphatic rings. The molecule has 0 radical (unpaired) electrons. The van der Waals surface area contributed by atoms with Crippen LogP contribution in [0.2, 0.25) is 0 Å². The molecule has 0 saturated carbocycles. The molecule has 0 aliphatic carbocycles. The van der Waals surface area contributed by atoms with Gasteiger partial charge < -0.3 is 10.1 Å². The standard InChI is InChI=1S/C17H26N2O/c1-13-8-18-9-14(2)11-19(10-13)12-16-7-15-5-3-4-6-17(15)20-16/h3-6,13-14,16,18H,7-12H2,1-2H3. The lowest BCUT2D eigenvalue weighted by molar-refractivity contribution is 0.117. The number of nitrogens with zero attached hydrogens (tertiary/aromatic N) is 1. The summed E-state index contributed by atoms with van der Waals surface area (Å²) in [7, 11) is 0. The minimum Gasteiger partial charge on any atom is -0.488 e. The average molecular weight is 274 g/mol. The second-order valence-electron chi connectivity index (χ2n) is 6.64. The second kappa shape index (κ2) is 6.15. The molecular formula is C17H26N2O. The van der Waals surface area contributed by atoms with E-state index in [1.54, 1.807) is 0 Å². The summed E-state index contributed by atoms with van der Waals surface area (Å²) in [4.78, 5) is 2.60. The Kier molecular flexibility index (Phi) is 4.27. The third-order valence-electron chi connectivity index (χ3n) is 4.30. The molecule has 1 aromatic carbocycles. The number of benzene rings is 1. The maximum absolute atomic E-state index is 6.09. The highest BCUT2D eigenvalue weighted by Crippen LogP contribution is 2.28. The maximum Gasteiger partial charge on any atom is 0.123 e. The molecule has 3 heteroatoms. The van der Waals surface area contributed by atoms with Crippen LogP contribution < -0.4 is 10.1 Å². The van der Waals surface area contributed by atoms with Gasteiger partial charge >= 0.3 is 0 Å². The van der Waals surface area contributed by atoms with Crippen molar-refractivity contribution in [2.75, 3.05) is 32.7 Å². The van der Waals surface area contributed by atoms with E-state index < -0.39 is 0 Å². The lowest BCUT2D eigenvalue weighted by Gasteiger charge is -2.33. The van der Waals surface area contributed by atoms with E-state index in [9.17, 15) is 0 Å². The van der Waals surface area contributed by atoms with Crippen molar-refractivity contribution >= 4 is 0 Å². The van der Waals surface area contributed by atoms with Gasteiger partial charge in [-0.1, -0.05) is 32.0 Å². The molecule has 2 heterocycles. The predicted molar refractivity (Wildman–Crippen MR) is 82.2 cm³/mol. The molecule has 3 unspecified atom stereocenters. The van der Waals surface area contributed by atoms with Crippen LogP contribution in [0.15, 0.2) is 24.3 Å². The van der Waals surface area contributed by atoms with E-state index >= 15 is 0 Å². The quantitative estimate of drug-likeness (QED) is 0.894. The van der Waals surface area contributed by atoms with E-state index in [0.717, 1.165) is 31.8 Å². The second-order valence-corrected chi connectivity index (χ2v) is 6.64. The summed E-state index contributed by atoms with van der Waals surface area (Å²) >= 11 is 0.